The number of pyridine rings is 1. The molecule has 3 aromatic rings. The fourth-order valence-corrected chi connectivity index (χ4v) is 2.26. The van der Waals surface area contributed by atoms with E-state index in [2.05, 4.69) is 15.3 Å². The van der Waals surface area contributed by atoms with Gasteiger partial charge in [0.15, 0.2) is 0 Å². The quantitative estimate of drug-likeness (QED) is 0.567. The molecule has 106 valence electrons. The highest BCUT2D eigenvalue weighted by atomic mass is 16.6. The van der Waals surface area contributed by atoms with Crippen molar-refractivity contribution in [3.05, 3.63) is 64.0 Å². The summed E-state index contributed by atoms with van der Waals surface area (Å²) in [6.07, 6.45) is 3.64. The number of nitro groups is 1. The van der Waals surface area contributed by atoms with Gasteiger partial charge in [0.05, 0.1) is 4.92 Å². The van der Waals surface area contributed by atoms with Crippen molar-refractivity contribution in [3.63, 3.8) is 0 Å². The molecule has 0 unspecified atom stereocenters. The second-order valence-corrected chi connectivity index (χ2v) is 4.82. The Hall–Kier alpha value is -2.89. The third-order valence-corrected chi connectivity index (χ3v) is 3.44. The lowest BCUT2D eigenvalue weighted by Gasteiger charge is -2.08. The lowest BCUT2D eigenvalue weighted by atomic mass is 10.1. The molecule has 0 aliphatic rings. The highest BCUT2D eigenvalue weighted by molar-refractivity contribution is 5.79. The first kappa shape index (κ1) is 13.1. The summed E-state index contributed by atoms with van der Waals surface area (Å²) in [7, 11) is 0. The van der Waals surface area contributed by atoms with Crippen LogP contribution in [0.5, 0.6) is 0 Å². The maximum atomic E-state index is 10.8. The van der Waals surface area contributed by atoms with Gasteiger partial charge < -0.3 is 10.3 Å². The second kappa shape index (κ2) is 5.24. The largest absolute Gasteiger partial charge is 0.380 e. The van der Waals surface area contributed by atoms with E-state index >= 15 is 0 Å². The van der Waals surface area contributed by atoms with Crippen LogP contribution in [0.4, 0.5) is 11.4 Å². The van der Waals surface area contributed by atoms with E-state index in [0.717, 1.165) is 27.8 Å². The van der Waals surface area contributed by atoms with Crippen LogP contribution in [-0.2, 0) is 6.54 Å². The number of nitrogens with zero attached hydrogens (tertiary/aromatic N) is 2. The summed E-state index contributed by atoms with van der Waals surface area (Å²) in [6.45, 7) is 2.50. The van der Waals surface area contributed by atoms with Gasteiger partial charge in [-0.1, -0.05) is 6.07 Å². The van der Waals surface area contributed by atoms with Crippen LogP contribution in [0.25, 0.3) is 11.0 Å². The van der Waals surface area contributed by atoms with Gasteiger partial charge in [0, 0.05) is 42.1 Å². The SMILES string of the molecule is Cc1ccc([N+](=O)[O-])cc1NCc1c[nH]c2ncccc12. The highest BCUT2D eigenvalue weighted by Gasteiger charge is 2.09. The summed E-state index contributed by atoms with van der Waals surface area (Å²) in [5, 5.41) is 15.1. The highest BCUT2D eigenvalue weighted by Crippen LogP contribution is 2.23. The fourth-order valence-electron chi connectivity index (χ4n) is 2.26. The summed E-state index contributed by atoms with van der Waals surface area (Å²) in [5.41, 5.74) is 3.73. The zero-order valence-electron chi connectivity index (χ0n) is 11.5. The van der Waals surface area contributed by atoms with Crippen molar-refractivity contribution in [2.75, 3.05) is 5.32 Å². The number of anilines is 1. The Balaban J connectivity index is 1.84. The van der Waals surface area contributed by atoms with Crippen molar-refractivity contribution in [2.24, 2.45) is 0 Å². The van der Waals surface area contributed by atoms with Crippen molar-refractivity contribution in [1.29, 1.82) is 0 Å². The van der Waals surface area contributed by atoms with Gasteiger partial charge in [-0.3, -0.25) is 10.1 Å². The third-order valence-electron chi connectivity index (χ3n) is 3.44. The van der Waals surface area contributed by atoms with E-state index in [-0.39, 0.29) is 10.6 Å². The number of fused-ring (bicyclic) bond motifs is 1. The summed E-state index contributed by atoms with van der Waals surface area (Å²) < 4.78 is 0. The van der Waals surface area contributed by atoms with Crippen LogP contribution < -0.4 is 5.32 Å². The predicted octanol–water partition coefficient (Wildman–Crippen LogP) is 3.39. The number of hydrogen-bond acceptors (Lipinski definition) is 4. The number of H-pyrrole nitrogens is 1. The number of benzene rings is 1. The van der Waals surface area contributed by atoms with E-state index < -0.39 is 0 Å². The molecule has 0 bridgehead atoms. The van der Waals surface area contributed by atoms with Crippen molar-refractivity contribution >= 4 is 22.4 Å². The lowest BCUT2D eigenvalue weighted by Crippen LogP contribution is -2.01. The number of nitrogens with one attached hydrogen (secondary N) is 2. The normalized spacial score (nSPS) is 10.7. The Labute approximate surface area is 121 Å². The van der Waals surface area contributed by atoms with Crippen molar-refractivity contribution in [3.8, 4) is 0 Å². The predicted molar refractivity (Wildman–Crippen MR) is 81.3 cm³/mol. The van der Waals surface area contributed by atoms with Crippen molar-refractivity contribution in [2.45, 2.75) is 13.5 Å². The standard InChI is InChI=1S/C15H14N4O2/c1-10-4-5-12(19(20)21)7-14(10)17-8-11-9-18-15-13(11)3-2-6-16-15/h2-7,9,17H,8H2,1H3,(H,16,18). The maximum absolute atomic E-state index is 10.8. The number of aryl methyl sites for hydroxylation is 1. The summed E-state index contributed by atoms with van der Waals surface area (Å²) in [6, 6.07) is 8.70. The molecule has 6 heteroatoms. The molecule has 0 aliphatic heterocycles. The van der Waals surface area contributed by atoms with Gasteiger partial charge in [-0.05, 0) is 30.2 Å². The lowest BCUT2D eigenvalue weighted by molar-refractivity contribution is -0.384. The molecule has 0 amide bonds. The number of nitro benzene ring substituents is 1. The average Bonchev–Trinajstić information content (AvgIpc) is 2.89. The van der Waals surface area contributed by atoms with Crippen LogP contribution in [0.1, 0.15) is 11.1 Å². The van der Waals surface area contributed by atoms with Crippen molar-refractivity contribution < 1.29 is 4.92 Å². The van der Waals surface area contributed by atoms with Gasteiger partial charge in [0.25, 0.3) is 5.69 Å². The van der Waals surface area contributed by atoms with Gasteiger partial charge in [-0.25, -0.2) is 4.98 Å². The smallest absolute Gasteiger partial charge is 0.271 e. The minimum Gasteiger partial charge on any atom is -0.380 e. The molecule has 0 aliphatic carbocycles. The first-order valence-corrected chi connectivity index (χ1v) is 6.55. The van der Waals surface area contributed by atoms with E-state index in [1.165, 1.54) is 6.07 Å². The third kappa shape index (κ3) is 2.55. The van der Waals surface area contributed by atoms with E-state index in [1.54, 1.807) is 18.3 Å². The molecule has 0 radical (unpaired) electrons. The molecule has 1 aromatic carbocycles. The molecule has 0 saturated carbocycles. The summed E-state index contributed by atoms with van der Waals surface area (Å²) in [4.78, 5) is 17.8. The molecule has 21 heavy (non-hydrogen) atoms. The van der Waals surface area contributed by atoms with E-state index in [4.69, 9.17) is 0 Å². The monoisotopic (exact) mass is 282 g/mol. The summed E-state index contributed by atoms with van der Waals surface area (Å²) in [5.74, 6) is 0. The van der Waals surface area contributed by atoms with Gasteiger partial charge in [-0.2, -0.15) is 0 Å². The number of rotatable bonds is 4. The van der Waals surface area contributed by atoms with E-state index in [0.29, 0.717) is 6.54 Å². The van der Waals surface area contributed by atoms with Crippen LogP contribution in [0.2, 0.25) is 0 Å². The summed E-state index contributed by atoms with van der Waals surface area (Å²) >= 11 is 0. The molecular formula is C15H14N4O2. The van der Waals surface area contributed by atoms with E-state index in [1.807, 2.05) is 25.3 Å². The number of non-ortho nitro benzene ring substituents is 1. The van der Waals surface area contributed by atoms with Crippen LogP contribution >= 0.6 is 0 Å². The molecule has 2 N–H and O–H groups in total. The Kier molecular flexibility index (Phi) is 3.27. The first-order chi connectivity index (χ1) is 10.1. The van der Waals surface area contributed by atoms with Gasteiger partial charge in [0.2, 0.25) is 0 Å². The van der Waals surface area contributed by atoms with Crippen LogP contribution in [0.15, 0.2) is 42.7 Å². The maximum Gasteiger partial charge on any atom is 0.271 e. The van der Waals surface area contributed by atoms with Crippen LogP contribution in [0.3, 0.4) is 0 Å². The van der Waals surface area contributed by atoms with E-state index in [9.17, 15) is 10.1 Å². The minimum atomic E-state index is -0.389. The minimum absolute atomic E-state index is 0.0868. The molecule has 0 spiro atoms. The van der Waals surface area contributed by atoms with Crippen LogP contribution in [0, 0.1) is 17.0 Å². The molecule has 0 saturated heterocycles. The van der Waals surface area contributed by atoms with Crippen LogP contribution in [-0.4, -0.2) is 14.9 Å². The molecule has 3 rings (SSSR count). The molecule has 6 nitrogen and oxygen atoms in total. The van der Waals surface area contributed by atoms with Gasteiger partial charge >= 0.3 is 0 Å². The fraction of sp³-hybridized carbons (Fsp3) is 0.133. The first-order valence-electron chi connectivity index (χ1n) is 6.55. The number of hydrogen-bond donors (Lipinski definition) is 2. The zero-order chi connectivity index (χ0) is 14.8. The zero-order valence-corrected chi connectivity index (χ0v) is 11.5. The molecule has 0 atom stereocenters. The Morgan fingerprint density at radius 2 is 2.24 bits per heavy atom. The average molecular weight is 282 g/mol. The molecular weight excluding hydrogens is 268 g/mol. The molecule has 0 fully saturated rings. The number of aromatic amines is 1. The number of aromatic nitrogens is 2. The van der Waals surface area contributed by atoms with Crippen molar-refractivity contribution in [1.82, 2.24) is 9.97 Å². The Morgan fingerprint density at radius 1 is 1.38 bits per heavy atom. The molecule has 2 aromatic heterocycles. The topological polar surface area (TPSA) is 83.9 Å². The van der Waals surface area contributed by atoms with Gasteiger partial charge in [-0.15, -0.1) is 0 Å². The van der Waals surface area contributed by atoms with Gasteiger partial charge in [0.1, 0.15) is 5.65 Å². The second-order valence-electron chi connectivity index (χ2n) is 4.82. The Morgan fingerprint density at radius 3 is 3.05 bits per heavy atom. The molecule has 2 heterocycles. The Bertz CT molecular complexity index is 810.